The van der Waals surface area contributed by atoms with Crippen molar-refractivity contribution in [2.45, 2.75) is 51.6 Å². The average molecular weight is 368 g/mol. The van der Waals surface area contributed by atoms with E-state index in [-0.39, 0.29) is 24.3 Å². The number of nitrogens with one attached hydrogen (secondary N) is 1. The zero-order chi connectivity index (χ0) is 18.5. The van der Waals surface area contributed by atoms with Crippen LogP contribution in [-0.2, 0) is 11.4 Å². The van der Waals surface area contributed by atoms with Crippen LogP contribution in [0.1, 0.15) is 46.2 Å². The van der Waals surface area contributed by atoms with Crippen LogP contribution in [0, 0.1) is 0 Å². The lowest BCUT2D eigenvalue weighted by molar-refractivity contribution is -0.154. The van der Waals surface area contributed by atoms with Crippen LogP contribution in [0.4, 0.5) is 13.2 Å². The van der Waals surface area contributed by atoms with Gasteiger partial charge in [0.05, 0.1) is 12.6 Å². The molecule has 9 heteroatoms. The summed E-state index contributed by atoms with van der Waals surface area (Å²) in [4.78, 5) is 3.90. The van der Waals surface area contributed by atoms with E-state index in [1.165, 1.54) is 6.20 Å². The Hall–Kier alpha value is -1.19. The summed E-state index contributed by atoms with van der Waals surface area (Å²) in [5.41, 5.74) is 0.635. The molecule has 138 valence electrons. The van der Waals surface area contributed by atoms with Gasteiger partial charge in [-0.15, -0.1) is 4.72 Å². The maximum Gasteiger partial charge on any atom is 0.422 e. The summed E-state index contributed by atoms with van der Waals surface area (Å²) in [7, 11) is 0. The fourth-order valence-corrected chi connectivity index (χ4v) is 2.42. The fourth-order valence-electron chi connectivity index (χ4n) is 1.61. The van der Waals surface area contributed by atoms with Crippen molar-refractivity contribution < 1.29 is 27.2 Å². The van der Waals surface area contributed by atoms with Gasteiger partial charge in [-0.25, -0.2) is 4.98 Å². The summed E-state index contributed by atoms with van der Waals surface area (Å²) in [5.74, 6) is -0.100. The highest BCUT2D eigenvalue weighted by Crippen LogP contribution is 2.30. The van der Waals surface area contributed by atoms with Gasteiger partial charge in [-0.1, -0.05) is 0 Å². The molecule has 0 saturated heterocycles. The van der Waals surface area contributed by atoms with Crippen molar-refractivity contribution in [3.8, 4) is 11.6 Å². The zero-order valence-electron chi connectivity index (χ0n) is 14.4. The number of pyridine rings is 1. The predicted octanol–water partition coefficient (Wildman–Crippen LogP) is 3.53. The molecule has 0 fully saturated rings. The second kappa shape index (κ2) is 8.26. The van der Waals surface area contributed by atoms with Gasteiger partial charge in [0.25, 0.3) is 5.88 Å². The first-order valence-corrected chi connectivity index (χ1v) is 8.59. The fraction of sp³-hybridized carbons (Fsp3) is 0.667. The third-order valence-electron chi connectivity index (χ3n) is 2.85. The monoisotopic (exact) mass is 368 g/mol. The number of nitrogens with zero attached hydrogens (tertiary/aromatic N) is 1. The van der Waals surface area contributed by atoms with E-state index in [0.717, 1.165) is 0 Å². The standard InChI is InChI=1S/C15H23F3N2O3S/c1-6-22-12-7-11(10(2)20-24(21)14(3,4)5)8-19-13(12)23-9-15(16,17)18/h7-8,10,20H,6,9H2,1-5H3/t10?,24-/m1/s1. The minimum absolute atomic E-state index is 0.120. The highest BCUT2D eigenvalue weighted by atomic mass is 32.2. The molecular weight excluding hydrogens is 345 g/mol. The Morgan fingerprint density at radius 3 is 2.42 bits per heavy atom. The molecule has 0 saturated carbocycles. The highest BCUT2D eigenvalue weighted by molar-refractivity contribution is 7.90. The number of rotatable bonds is 7. The molecule has 0 bridgehead atoms. The van der Waals surface area contributed by atoms with E-state index in [4.69, 9.17) is 4.74 Å². The van der Waals surface area contributed by atoms with Gasteiger partial charge in [0, 0.05) is 17.6 Å². The largest absolute Gasteiger partial charge is 0.598 e. The summed E-state index contributed by atoms with van der Waals surface area (Å²) >= 11 is -1.30. The summed E-state index contributed by atoms with van der Waals surface area (Å²) in [6.07, 6.45) is -3.08. The molecule has 1 unspecified atom stereocenters. The van der Waals surface area contributed by atoms with Crippen molar-refractivity contribution in [3.63, 3.8) is 0 Å². The molecule has 1 N–H and O–H groups in total. The molecule has 0 spiro atoms. The molecule has 0 aliphatic carbocycles. The third-order valence-corrected chi connectivity index (χ3v) is 4.53. The normalized spacial score (nSPS) is 15.0. The van der Waals surface area contributed by atoms with Crippen molar-refractivity contribution in [2.75, 3.05) is 13.2 Å². The lowest BCUT2D eigenvalue weighted by Gasteiger charge is -2.26. The van der Waals surface area contributed by atoms with E-state index in [1.54, 1.807) is 19.9 Å². The van der Waals surface area contributed by atoms with E-state index in [1.807, 2.05) is 20.8 Å². The highest BCUT2D eigenvalue weighted by Gasteiger charge is 2.30. The number of ether oxygens (including phenoxy) is 2. The maximum absolute atomic E-state index is 12.3. The van der Waals surface area contributed by atoms with Crippen LogP contribution in [0.3, 0.4) is 0 Å². The van der Waals surface area contributed by atoms with Gasteiger partial charge in [-0.05, 0) is 46.2 Å². The van der Waals surface area contributed by atoms with E-state index < -0.39 is 28.9 Å². The summed E-state index contributed by atoms with van der Waals surface area (Å²) in [5, 5.41) is 0. The van der Waals surface area contributed by atoms with Gasteiger partial charge in [-0.3, -0.25) is 0 Å². The number of alkyl halides is 3. The van der Waals surface area contributed by atoms with Crippen molar-refractivity contribution in [1.29, 1.82) is 0 Å². The Kier molecular flexibility index (Phi) is 7.18. The Balaban J connectivity index is 2.92. The number of halogens is 3. The van der Waals surface area contributed by atoms with Crippen LogP contribution in [0.25, 0.3) is 0 Å². The number of aromatic nitrogens is 1. The Bertz CT molecular complexity index is 536. The minimum Gasteiger partial charge on any atom is -0.598 e. The zero-order valence-corrected chi connectivity index (χ0v) is 15.2. The molecule has 1 rings (SSSR count). The molecule has 1 heterocycles. The summed E-state index contributed by atoms with van der Waals surface area (Å²) < 4.78 is 61.5. The van der Waals surface area contributed by atoms with Gasteiger partial charge in [0.15, 0.2) is 12.4 Å². The molecule has 0 amide bonds. The minimum atomic E-state index is -4.46. The molecule has 2 atom stereocenters. The first-order chi connectivity index (χ1) is 10.9. The van der Waals surface area contributed by atoms with Gasteiger partial charge in [0.2, 0.25) is 0 Å². The van der Waals surface area contributed by atoms with Crippen molar-refractivity contribution in [2.24, 2.45) is 0 Å². The first-order valence-electron chi connectivity index (χ1n) is 7.44. The van der Waals surface area contributed by atoms with Crippen LogP contribution in [0.5, 0.6) is 11.6 Å². The Morgan fingerprint density at radius 2 is 1.92 bits per heavy atom. The molecular formula is C15H23F3N2O3S. The maximum atomic E-state index is 12.3. The van der Waals surface area contributed by atoms with Crippen LogP contribution < -0.4 is 14.2 Å². The second-order valence-corrected chi connectivity index (χ2v) is 8.13. The molecule has 0 radical (unpaired) electrons. The number of hydrogen-bond acceptors (Lipinski definition) is 5. The smallest absolute Gasteiger partial charge is 0.422 e. The van der Waals surface area contributed by atoms with Crippen molar-refractivity contribution >= 4 is 11.4 Å². The van der Waals surface area contributed by atoms with Gasteiger partial charge in [-0.2, -0.15) is 13.2 Å². The first kappa shape index (κ1) is 20.9. The SMILES string of the molecule is CCOc1cc(C(C)N[S@+]([O-])C(C)(C)C)cnc1OCC(F)(F)F. The van der Waals surface area contributed by atoms with Gasteiger partial charge in [0.1, 0.15) is 4.75 Å². The average Bonchev–Trinajstić information content (AvgIpc) is 2.44. The van der Waals surface area contributed by atoms with E-state index in [0.29, 0.717) is 5.56 Å². The molecule has 0 aromatic carbocycles. The summed E-state index contributed by atoms with van der Waals surface area (Å²) in [6.45, 7) is 7.80. The molecule has 0 aliphatic heterocycles. The van der Waals surface area contributed by atoms with Crippen LogP contribution in [0.15, 0.2) is 12.3 Å². The molecule has 1 aromatic rings. The van der Waals surface area contributed by atoms with Crippen LogP contribution in [-0.4, -0.2) is 33.7 Å². The van der Waals surface area contributed by atoms with E-state index >= 15 is 0 Å². The van der Waals surface area contributed by atoms with Crippen LogP contribution in [0.2, 0.25) is 0 Å². The quantitative estimate of drug-likeness (QED) is 0.746. The van der Waals surface area contributed by atoms with Crippen molar-refractivity contribution in [1.82, 2.24) is 9.71 Å². The second-order valence-electron chi connectivity index (χ2n) is 6.13. The van der Waals surface area contributed by atoms with Gasteiger partial charge < -0.3 is 14.0 Å². The van der Waals surface area contributed by atoms with E-state index in [9.17, 15) is 17.7 Å². The van der Waals surface area contributed by atoms with Crippen LogP contribution >= 0.6 is 0 Å². The molecule has 0 aliphatic rings. The molecule has 1 aromatic heterocycles. The molecule has 24 heavy (non-hydrogen) atoms. The van der Waals surface area contributed by atoms with E-state index in [2.05, 4.69) is 14.4 Å². The molecule has 5 nitrogen and oxygen atoms in total. The van der Waals surface area contributed by atoms with Gasteiger partial charge >= 0.3 is 6.18 Å². The Labute approximate surface area is 143 Å². The topological polar surface area (TPSA) is 66.4 Å². The predicted molar refractivity (Wildman–Crippen MR) is 86.4 cm³/mol. The Morgan fingerprint density at radius 1 is 1.29 bits per heavy atom. The summed E-state index contributed by atoms with van der Waals surface area (Å²) in [6, 6.07) is 1.22. The third kappa shape index (κ3) is 6.74. The number of hydrogen-bond donors (Lipinski definition) is 1. The lowest BCUT2D eigenvalue weighted by Crippen LogP contribution is -2.40. The van der Waals surface area contributed by atoms with Crippen molar-refractivity contribution in [3.05, 3.63) is 17.8 Å². The lowest BCUT2D eigenvalue weighted by atomic mass is 10.1.